The third-order valence-corrected chi connectivity index (χ3v) is 4.63. The van der Waals surface area contributed by atoms with Gasteiger partial charge in [-0.15, -0.1) is 0 Å². The molecular weight excluding hydrogens is 350 g/mol. The predicted molar refractivity (Wildman–Crippen MR) is 100 cm³/mol. The number of ether oxygens (including phenoxy) is 3. The summed E-state index contributed by atoms with van der Waals surface area (Å²) in [6.45, 7) is -0.208. The van der Waals surface area contributed by atoms with Gasteiger partial charge in [0.15, 0.2) is 11.5 Å². The van der Waals surface area contributed by atoms with Gasteiger partial charge in [0.2, 0.25) is 0 Å². The minimum atomic E-state index is -0.515. The Kier molecular flexibility index (Phi) is 3.95. The van der Waals surface area contributed by atoms with Gasteiger partial charge in [0.05, 0.1) is 32.2 Å². The number of benzene rings is 1. The fraction of sp³-hybridized carbons (Fsp3) is 0.211. The van der Waals surface area contributed by atoms with Gasteiger partial charge >= 0.3 is 5.97 Å². The maximum absolute atomic E-state index is 13.3. The molecule has 0 bridgehead atoms. The molecule has 27 heavy (non-hydrogen) atoms. The maximum Gasteiger partial charge on any atom is 0.325 e. The summed E-state index contributed by atoms with van der Waals surface area (Å²) in [5.41, 5.74) is 0.911. The number of aromatic amines is 1. The molecule has 0 spiro atoms. The molecule has 0 saturated heterocycles. The first-order valence-electron chi connectivity index (χ1n) is 8.20. The number of nitrogens with zero attached hydrogens (tertiary/aromatic N) is 2. The van der Waals surface area contributed by atoms with E-state index < -0.39 is 5.97 Å². The van der Waals surface area contributed by atoms with E-state index in [9.17, 15) is 9.59 Å². The van der Waals surface area contributed by atoms with Crippen LogP contribution in [0.4, 0.5) is 0 Å². The smallest absolute Gasteiger partial charge is 0.325 e. The quantitative estimate of drug-likeness (QED) is 0.439. The Morgan fingerprint density at radius 1 is 1.07 bits per heavy atom. The third kappa shape index (κ3) is 2.49. The van der Waals surface area contributed by atoms with Gasteiger partial charge < -0.3 is 19.2 Å². The number of pyridine rings is 2. The molecule has 4 aromatic rings. The lowest BCUT2D eigenvalue weighted by Crippen LogP contribution is -2.25. The second-order valence-electron chi connectivity index (χ2n) is 5.98. The molecule has 0 atom stereocenters. The molecule has 1 aromatic carbocycles. The van der Waals surface area contributed by atoms with Crippen molar-refractivity contribution in [2.75, 3.05) is 21.3 Å². The van der Waals surface area contributed by atoms with E-state index in [-0.39, 0.29) is 12.1 Å². The van der Waals surface area contributed by atoms with Crippen LogP contribution < -0.4 is 15.0 Å². The number of nitrogens with one attached hydrogen (secondary N) is 1. The van der Waals surface area contributed by atoms with Crippen LogP contribution in [0.2, 0.25) is 0 Å². The molecule has 0 aliphatic heterocycles. The number of carbonyl (C=O) groups excluding carboxylic acids is 1. The first kappa shape index (κ1) is 16.9. The molecule has 3 heterocycles. The zero-order valence-corrected chi connectivity index (χ0v) is 15.0. The lowest BCUT2D eigenvalue weighted by Gasteiger charge is -2.15. The van der Waals surface area contributed by atoms with Crippen molar-refractivity contribution in [3.8, 4) is 11.5 Å². The molecule has 8 nitrogen and oxygen atoms in total. The molecule has 0 amide bonds. The van der Waals surface area contributed by atoms with Crippen molar-refractivity contribution < 1.29 is 19.0 Å². The first-order chi connectivity index (χ1) is 13.1. The fourth-order valence-corrected chi connectivity index (χ4v) is 3.35. The number of carbonyl (C=O) groups is 1. The van der Waals surface area contributed by atoms with Gasteiger partial charge in [-0.05, 0) is 18.2 Å². The van der Waals surface area contributed by atoms with Gasteiger partial charge in [-0.2, -0.15) is 0 Å². The van der Waals surface area contributed by atoms with Crippen molar-refractivity contribution in [2.24, 2.45) is 0 Å². The third-order valence-electron chi connectivity index (χ3n) is 4.63. The fourth-order valence-electron chi connectivity index (χ4n) is 3.35. The van der Waals surface area contributed by atoms with E-state index in [0.717, 1.165) is 10.8 Å². The van der Waals surface area contributed by atoms with Crippen LogP contribution in [-0.2, 0) is 16.1 Å². The molecule has 0 saturated carbocycles. The van der Waals surface area contributed by atoms with Crippen LogP contribution in [0, 0.1) is 0 Å². The molecule has 4 rings (SSSR count). The summed E-state index contributed by atoms with van der Waals surface area (Å²) < 4.78 is 16.9. The average Bonchev–Trinajstić information content (AvgIpc) is 3.18. The number of rotatable bonds is 4. The number of aromatic nitrogens is 3. The normalized spacial score (nSPS) is 11.2. The van der Waals surface area contributed by atoms with Gasteiger partial charge in [-0.3, -0.25) is 14.2 Å². The number of methoxy groups -OCH3 is 3. The largest absolute Gasteiger partial charge is 0.493 e. The molecule has 1 N–H and O–H groups in total. The van der Waals surface area contributed by atoms with Crippen molar-refractivity contribution in [2.45, 2.75) is 6.54 Å². The first-order valence-corrected chi connectivity index (χ1v) is 8.20. The summed E-state index contributed by atoms with van der Waals surface area (Å²) in [5, 5.41) is 2.54. The molecule has 0 fully saturated rings. The van der Waals surface area contributed by atoms with Crippen LogP contribution >= 0.6 is 0 Å². The minimum absolute atomic E-state index is 0.208. The Balaban J connectivity index is 2.23. The van der Waals surface area contributed by atoms with Gasteiger partial charge in [0, 0.05) is 28.6 Å². The van der Waals surface area contributed by atoms with Crippen molar-refractivity contribution >= 4 is 38.7 Å². The summed E-state index contributed by atoms with van der Waals surface area (Å²) in [6.07, 6.45) is 3.42. The standard InChI is InChI=1S/C19H17N3O5/c1-25-14-6-11-12(7-15(14)26-2)19(24)22(9-16(23)27-3)17-10-4-5-20-18(10)21-8-13(11)17/h4-8H,9H2,1-3H3,(H,20,21). The maximum atomic E-state index is 13.3. The van der Waals surface area contributed by atoms with E-state index in [0.29, 0.717) is 33.4 Å². The number of esters is 1. The highest BCUT2D eigenvalue weighted by atomic mass is 16.5. The number of hydrogen-bond acceptors (Lipinski definition) is 6. The Bertz CT molecular complexity index is 1260. The summed E-state index contributed by atoms with van der Waals surface area (Å²) in [6, 6.07) is 5.19. The lowest BCUT2D eigenvalue weighted by molar-refractivity contribution is -0.141. The van der Waals surface area contributed by atoms with E-state index in [1.807, 2.05) is 6.07 Å². The molecule has 0 aliphatic carbocycles. The lowest BCUT2D eigenvalue weighted by atomic mass is 10.1. The van der Waals surface area contributed by atoms with Gasteiger partial charge in [-0.1, -0.05) is 0 Å². The van der Waals surface area contributed by atoms with Crippen LogP contribution in [0.5, 0.6) is 11.5 Å². The van der Waals surface area contributed by atoms with Crippen LogP contribution in [0.15, 0.2) is 35.4 Å². The van der Waals surface area contributed by atoms with Crippen LogP contribution in [0.25, 0.3) is 32.7 Å². The molecule has 8 heteroatoms. The number of H-pyrrole nitrogens is 1. The van der Waals surface area contributed by atoms with E-state index in [1.165, 1.54) is 25.9 Å². The van der Waals surface area contributed by atoms with E-state index in [1.54, 1.807) is 24.5 Å². The van der Waals surface area contributed by atoms with E-state index in [4.69, 9.17) is 14.2 Å². The Morgan fingerprint density at radius 2 is 1.78 bits per heavy atom. The van der Waals surface area contributed by atoms with Crippen molar-refractivity contribution in [1.29, 1.82) is 0 Å². The van der Waals surface area contributed by atoms with Crippen molar-refractivity contribution in [3.05, 3.63) is 40.9 Å². The second kappa shape index (κ2) is 6.31. The monoisotopic (exact) mass is 367 g/mol. The van der Waals surface area contributed by atoms with E-state index >= 15 is 0 Å². The summed E-state index contributed by atoms with van der Waals surface area (Å²) >= 11 is 0. The summed E-state index contributed by atoms with van der Waals surface area (Å²) in [5.74, 6) is 0.422. The van der Waals surface area contributed by atoms with Crippen LogP contribution in [0.1, 0.15) is 0 Å². The van der Waals surface area contributed by atoms with Crippen LogP contribution in [-0.4, -0.2) is 41.8 Å². The van der Waals surface area contributed by atoms with Crippen molar-refractivity contribution in [3.63, 3.8) is 0 Å². The number of fused-ring (bicyclic) bond motifs is 5. The zero-order chi connectivity index (χ0) is 19.1. The highest BCUT2D eigenvalue weighted by Gasteiger charge is 2.19. The summed E-state index contributed by atoms with van der Waals surface area (Å²) in [7, 11) is 4.33. The molecule has 0 radical (unpaired) electrons. The molecule has 138 valence electrons. The summed E-state index contributed by atoms with van der Waals surface area (Å²) in [4.78, 5) is 32.7. The van der Waals surface area contributed by atoms with Crippen LogP contribution in [0.3, 0.4) is 0 Å². The Hall–Kier alpha value is -3.55. The number of hydrogen-bond donors (Lipinski definition) is 1. The molecular formula is C19H17N3O5. The highest BCUT2D eigenvalue weighted by molar-refractivity contribution is 6.14. The minimum Gasteiger partial charge on any atom is -0.493 e. The topological polar surface area (TPSA) is 95.4 Å². The van der Waals surface area contributed by atoms with Gasteiger partial charge in [0.1, 0.15) is 12.2 Å². The second-order valence-corrected chi connectivity index (χ2v) is 5.98. The van der Waals surface area contributed by atoms with Gasteiger partial charge in [-0.25, -0.2) is 4.98 Å². The average molecular weight is 367 g/mol. The van der Waals surface area contributed by atoms with Gasteiger partial charge in [0.25, 0.3) is 5.56 Å². The SMILES string of the molecule is COC(=O)Cn1c(=O)c2cc(OC)c(OC)cc2c2cnc3[nH]ccc3c21. The molecule has 0 aliphatic rings. The van der Waals surface area contributed by atoms with E-state index in [2.05, 4.69) is 9.97 Å². The zero-order valence-electron chi connectivity index (χ0n) is 15.0. The molecule has 3 aromatic heterocycles. The molecule has 0 unspecified atom stereocenters. The Labute approximate surface area is 153 Å². The Morgan fingerprint density at radius 3 is 2.44 bits per heavy atom. The predicted octanol–water partition coefficient (Wildman–Crippen LogP) is 2.22. The van der Waals surface area contributed by atoms with Crippen molar-refractivity contribution in [1.82, 2.24) is 14.5 Å². The highest BCUT2D eigenvalue weighted by Crippen LogP contribution is 2.35.